The van der Waals surface area contributed by atoms with Crippen molar-refractivity contribution >= 4 is 5.82 Å². The second-order valence-corrected chi connectivity index (χ2v) is 5.00. The van der Waals surface area contributed by atoms with Crippen molar-refractivity contribution in [3.63, 3.8) is 0 Å². The van der Waals surface area contributed by atoms with E-state index in [1.807, 2.05) is 0 Å². The van der Waals surface area contributed by atoms with Crippen LogP contribution in [-0.4, -0.2) is 55.5 Å². The second-order valence-electron chi connectivity index (χ2n) is 5.00. The largest absolute Gasteiger partial charge is 0.393 e. The number of nitrogens with two attached hydrogens (primary N) is 1. The standard InChI is InChI=1S/C11H16FN3O5/c1-10(19)7(17)11(4-12,5-16)20-8(10)15-3-2-6(13)14-9(15)18/h2-3,7-8,16-17,19H,4-5H2,1H3,(H2,13,14,18)/t7-,8+,10+,11+/m0/s1. The highest BCUT2D eigenvalue weighted by Gasteiger charge is 2.61. The predicted molar refractivity (Wildman–Crippen MR) is 65.5 cm³/mol. The van der Waals surface area contributed by atoms with E-state index in [0.717, 1.165) is 4.57 Å². The number of aliphatic hydroxyl groups excluding tert-OH is 2. The Morgan fingerprint density at radius 3 is 2.75 bits per heavy atom. The van der Waals surface area contributed by atoms with Crippen molar-refractivity contribution in [2.24, 2.45) is 0 Å². The Bertz CT molecular complexity index is 557. The monoisotopic (exact) mass is 289 g/mol. The molecule has 0 radical (unpaired) electrons. The summed E-state index contributed by atoms with van der Waals surface area (Å²) in [5.74, 6) is -0.0247. The summed E-state index contributed by atoms with van der Waals surface area (Å²) in [7, 11) is 0. The van der Waals surface area contributed by atoms with Crippen LogP contribution < -0.4 is 11.4 Å². The molecule has 20 heavy (non-hydrogen) atoms. The first-order valence-electron chi connectivity index (χ1n) is 5.88. The summed E-state index contributed by atoms with van der Waals surface area (Å²) in [5, 5.41) is 29.5. The van der Waals surface area contributed by atoms with E-state index in [1.54, 1.807) is 0 Å². The number of nitrogen functional groups attached to an aromatic ring is 1. The van der Waals surface area contributed by atoms with Crippen molar-refractivity contribution in [1.29, 1.82) is 0 Å². The molecule has 0 spiro atoms. The first-order chi connectivity index (χ1) is 9.28. The molecule has 1 fully saturated rings. The summed E-state index contributed by atoms with van der Waals surface area (Å²) in [4.78, 5) is 15.2. The molecule has 1 aliphatic heterocycles. The Kier molecular flexibility index (Phi) is 3.54. The fourth-order valence-corrected chi connectivity index (χ4v) is 2.29. The first-order valence-corrected chi connectivity index (χ1v) is 5.88. The van der Waals surface area contributed by atoms with E-state index in [2.05, 4.69) is 4.98 Å². The van der Waals surface area contributed by atoms with E-state index in [0.29, 0.717) is 0 Å². The van der Waals surface area contributed by atoms with E-state index in [9.17, 15) is 24.5 Å². The first kappa shape index (κ1) is 14.9. The number of anilines is 1. The molecule has 0 aliphatic carbocycles. The molecule has 0 bridgehead atoms. The minimum absolute atomic E-state index is 0.0247. The number of aliphatic hydroxyl groups is 3. The number of alkyl halides is 1. The number of halogens is 1. The molecule has 2 heterocycles. The van der Waals surface area contributed by atoms with Gasteiger partial charge in [0.1, 0.15) is 24.2 Å². The Labute approximate surface area is 113 Å². The number of ether oxygens (including phenoxy) is 1. The van der Waals surface area contributed by atoms with Crippen LogP contribution in [0.3, 0.4) is 0 Å². The highest BCUT2D eigenvalue weighted by Crippen LogP contribution is 2.43. The van der Waals surface area contributed by atoms with Gasteiger partial charge in [-0.3, -0.25) is 4.57 Å². The van der Waals surface area contributed by atoms with Gasteiger partial charge in [0.05, 0.1) is 6.61 Å². The van der Waals surface area contributed by atoms with Crippen LogP contribution in [0.15, 0.2) is 17.1 Å². The third-order valence-corrected chi connectivity index (χ3v) is 3.50. The maximum absolute atomic E-state index is 13.1. The van der Waals surface area contributed by atoms with Crippen molar-refractivity contribution in [2.75, 3.05) is 19.0 Å². The van der Waals surface area contributed by atoms with Gasteiger partial charge in [-0.05, 0) is 13.0 Å². The minimum atomic E-state index is -1.99. The molecular weight excluding hydrogens is 273 g/mol. The summed E-state index contributed by atoms with van der Waals surface area (Å²) >= 11 is 0. The summed E-state index contributed by atoms with van der Waals surface area (Å²) in [6.45, 7) is -0.902. The molecule has 0 saturated carbocycles. The summed E-state index contributed by atoms with van der Waals surface area (Å²) in [6, 6.07) is 1.29. The quantitative estimate of drug-likeness (QED) is 0.514. The van der Waals surface area contributed by atoms with E-state index in [-0.39, 0.29) is 5.82 Å². The Hall–Kier alpha value is -1.55. The van der Waals surface area contributed by atoms with Gasteiger partial charge < -0.3 is 25.8 Å². The van der Waals surface area contributed by atoms with Crippen molar-refractivity contribution < 1.29 is 24.4 Å². The lowest BCUT2D eigenvalue weighted by molar-refractivity contribution is -0.140. The van der Waals surface area contributed by atoms with Crippen LogP contribution >= 0.6 is 0 Å². The summed E-state index contributed by atoms with van der Waals surface area (Å²) in [5.41, 5.74) is 0.545. The Balaban J connectivity index is 2.50. The molecule has 4 atom stereocenters. The zero-order valence-electron chi connectivity index (χ0n) is 10.7. The molecule has 2 rings (SSSR count). The van der Waals surface area contributed by atoms with E-state index >= 15 is 0 Å². The number of nitrogens with zero attached hydrogens (tertiary/aromatic N) is 2. The minimum Gasteiger partial charge on any atom is -0.393 e. The van der Waals surface area contributed by atoms with Crippen LogP contribution in [0.25, 0.3) is 0 Å². The lowest BCUT2D eigenvalue weighted by Gasteiger charge is -2.29. The normalized spacial score (nSPS) is 37.2. The van der Waals surface area contributed by atoms with E-state index < -0.39 is 42.5 Å². The zero-order chi connectivity index (χ0) is 15.1. The predicted octanol–water partition coefficient (Wildman–Crippen LogP) is -1.83. The highest BCUT2D eigenvalue weighted by molar-refractivity contribution is 5.24. The van der Waals surface area contributed by atoms with Gasteiger partial charge in [0.15, 0.2) is 11.8 Å². The number of hydrogen-bond donors (Lipinski definition) is 4. The molecule has 1 saturated heterocycles. The molecule has 9 heteroatoms. The molecule has 1 aromatic heterocycles. The molecule has 8 nitrogen and oxygen atoms in total. The molecule has 0 amide bonds. The Morgan fingerprint density at radius 1 is 1.65 bits per heavy atom. The van der Waals surface area contributed by atoms with Gasteiger partial charge in [-0.1, -0.05) is 0 Å². The fraction of sp³-hybridized carbons (Fsp3) is 0.636. The average molecular weight is 289 g/mol. The van der Waals surface area contributed by atoms with Gasteiger partial charge in [0, 0.05) is 6.20 Å². The molecule has 0 unspecified atom stereocenters. The third kappa shape index (κ3) is 1.99. The lowest BCUT2D eigenvalue weighted by Crippen LogP contribution is -2.52. The molecule has 0 aromatic carbocycles. The van der Waals surface area contributed by atoms with Crippen LogP contribution in [0.4, 0.5) is 10.2 Å². The summed E-state index contributed by atoms with van der Waals surface area (Å²) in [6.07, 6.45) is -1.91. The van der Waals surface area contributed by atoms with Gasteiger partial charge in [0.2, 0.25) is 0 Å². The molecule has 1 aliphatic rings. The number of aromatic nitrogens is 2. The maximum Gasteiger partial charge on any atom is 0.351 e. The van der Waals surface area contributed by atoms with Crippen molar-refractivity contribution in [2.45, 2.75) is 30.5 Å². The lowest BCUT2D eigenvalue weighted by atomic mass is 9.88. The van der Waals surface area contributed by atoms with Gasteiger partial charge >= 0.3 is 5.69 Å². The molecule has 1 aromatic rings. The van der Waals surface area contributed by atoms with Crippen molar-refractivity contribution in [3.05, 3.63) is 22.7 Å². The van der Waals surface area contributed by atoms with Gasteiger partial charge in [0.25, 0.3) is 0 Å². The van der Waals surface area contributed by atoms with Crippen LogP contribution in [0, 0.1) is 0 Å². The van der Waals surface area contributed by atoms with Crippen molar-refractivity contribution in [1.82, 2.24) is 9.55 Å². The van der Waals surface area contributed by atoms with Crippen molar-refractivity contribution in [3.8, 4) is 0 Å². The third-order valence-electron chi connectivity index (χ3n) is 3.50. The number of hydrogen-bond acceptors (Lipinski definition) is 7. The van der Waals surface area contributed by atoms with E-state index in [1.165, 1.54) is 19.2 Å². The molecular formula is C11H16FN3O5. The second kappa shape index (κ2) is 4.77. The van der Waals surface area contributed by atoms with E-state index in [4.69, 9.17) is 10.5 Å². The van der Waals surface area contributed by atoms with Gasteiger partial charge in [-0.2, -0.15) is 4.98 Å². The Morgan fingerprint density at radius 2 is 2.30 bits per heavy atom. The zero-order valence-corrected chi connectivity index (χ0v) is 10.7. The van der Waals surface area contributed by atoms with Crippen LogP contribution in [0.1, 0.15) is 13.2 Å². The smallest absolute Gasteiger partial charge is 0.351 e. The van der Waals surface area contributed by atoms with Crippen LogP contribution in [0.5, 0.6) is 0 Å². The van der Waals surface area contributed by atoms with Gasteiger partial charge in [-0.25, -0.2) is 9.18 Å². The average Bonchev–Trinajstić information content (AvgIpc) is 2.60. The fourth-order valence-electron chi connectivity index (χ4n) is 2.29. The molecule has 5 N–H and O–H groups in total. The SMILES string of the molecule is C[C@@]1(O)[C@H](O)[C@](CO)(CF)O[C@H]1n1ccc(N)nc1=O. The maximum atomic E-state index is 13.1. The highest BCUT2D eigenvalue weighted by atomic mass is 19.1. The number of rotatable bonds is 3. The van der Waals surface area contributed by atoms with Crippen LogP contribution in [-0.2, 0) is 4.74 Å². The topological polar surface area (TPSA) is 131 Å². The van der Waals surface area contributed by atoms with Gasteiger partial charge in [-0.15, -0.1) is 0 Å². The molecule has 112 valence electrons. The summed E-state index contributed by atoms with van der Waals surface area (Å²) < 4.78 is 19.2. The van der Waals surface area contributed by atoms with Crippen LogP contribution in [0.2, 0.25) is 0 Å².